The van der Waals surface area contributed by atoms with Gasteiger partial charge in [0.1, 0.15) is 5.75 Å². The van der Waals surface area contributed by atoms with Crippen LogP contribution >= 0.6 is 27.3 Å². The normalized spacial score (nSPS) is 15.9. The van der Waals surface area contributed by atoms with Crippen LogP contribution in [0.15, 0.2) is 80.1 Å². The number of rotatable bonds is 6. The lowest BCUT2D eigenvalue weighted by Crippen LogP contribution is -2.39. The molecule has 8 heteroatoms. The maximum absolute atomic E-state index is 13.5. The predicted octanol–water partition coefficient (Wildman–Crippen LogP) is 4.23. The highest BCUT2D eigenvalue weighted by atomic mass is 79.9. The fourth-order valence-electron chi connectivity index (χ4n) is 3.73. The topological polar surface area (TPSA) is 69.9 Å². The Kier molecular flexibility index (Phi) is 7.29. The van der Waals surface area contributed by atoms with Gasteiger partial charge in [-0.1, -0.05) is 63.7 Å². The van der Waals surface area contributed by atoms with Crippen LogP contribution in [0, 0.1) is 0 Å². The summed E-state index contributed by atoms with van der Waals surface area (Å²) < 4.78 is 13.7. The van der Waals surface area contributed by atoms with Gasteiger partial charge in [-0.05, 0) is 55.3 Å². The fraction of sp³-hybridized carbons (Fsp3) is 0.192. The molecular weight excluding hydrogens is 516 g/mol. The van der Waals surface area contributed by atoms with Crippen LogP contribution in [0.2, 0.25) is 0 Å². The molecule has 0 fully saturated rings. The third-order valence-corrected chi connectivity index (χ3v) is 6.88. The molecule has 174 valence electrons. The number of esters is 1. The lowest BCUT2D eigenvalue weighted by atomic mass is 9.96. The molecule has 0 aliphatic carbocycles. The number of thiazole rings is 1. The van der Waals surface area contributed by atoms with Gasteiger partial charge in [-0.15, -0.1) is 0 Å². The molecule has 1 aromatic heterocycles. The molecule has 3 aromatic rings. The summed E-state index contributed by atoms with van der Waals surface area (Å²) in [6, 6.07) is 14.6. The van der Waals surface area contributed by atoms with Crippen LogP contribution < -0.4 is 19.6 Å². The summed E-state index contributed by atoms with van der Waals surface area (Å²) >= 11 is 4.72. The molecule has 6 nitrogen and oxygen atoms in total. The average molecular weight is 539 g/mol. The van der Waals surface area contributed by atoms with E-state index in [9.17, 15) is 9.59 Å². The van der Waals surface area contributed by atoms with Crippen molar-refractivity contribution in [2.45, 2.75) is 19.9 Å². The van der Waals surface area contributed by atoms with Gasteiger partial charge in [0.2, 0.25) is 0 Å². The largest absolute Gasteiger partial charge is 0.497 e. The Bertz CT molecular complexity index is 1450. The van der Waals surface area contributed by atoms with Crippen LogP contribution in [0.1, 0.15) is 31.0 Å². The molecule has 0 bridgehead atoms. The molecule has 1 unspecified atom stereocenters. The van der Waals surface area contributed by atoms with Crippen LogP contribution in [0.3, 0.4) is 0 Å². The van der Waals surface area contributed by atoms with Gasteiger partial charge in [0.25, 0.3) is 5.56 Å². The lowest BCUT2D eigenvalue weighted by Gasteiger charge is -2.24. The van der Waals surface area contributed by atoms with E-state index in [2.05, 4.69) is 20.9 Å². The van der Waals surface area contributed by atoms with Crippen molar-refractivity contribution in [1.82, 2.24) is 4.57 Å². The first-order chi connectivity index (χ1) is 16.4. The maximum Gasteiger partial charge on any atom is 0.338 e. The van der Waals surface area contributed by atoms with Gasteiger partial charge in [0.15, 0.2) is 4.80 Å². The van der Waals surface area contributed by atoms with Crippen molar-refractivity contribution >= 4 is 45.4 Å². The van der Waals surface area contributed by atoms with Crippen molar-refractivity contribution in [3.8, 4) is 5.75 Å². The molecule has 2 heterocycles. The van der Waals surface area contributed by atoms with Crippen molar-refractivity contribution in [3.63, 3.8) is 0 Å². The van der Waals surface area contributed by atoms with Crippen molar-refractivity contribution < 1.29 is 14.3 Å². The number of benzene rings is 2. The Morgan fingerprint density at radius 1 is 1.18 bits per heavy atom. The third kappa shape index (κ3) is 4.83. The molecule has 0 saturated heterocycles. The first kappa shape index (κ1) is 23.9. The minimum Gasteiger partial charge on any atom is -0.497 e. The second-order valence-electron chi connectivity index (χ2n) is 7.51. The van der Waals surface area contributed by atoms with Crippen molar-refractivity contribution in [2.24, 2.45) is 4.99 Å². The number of ether oxygens (including phenoxy) is 2. The Labute approximate surface area is 209 Å². The lowest BCUT2D eigenvalue weighted by molar-refractivity contribution is -0.139. The number of carbonyl (C=O) groups is 1. The quantitative estimate of drug-likeness (QED) is 0.440. The molecule has 0 radical (unpaired) electrons. The van der Waals surface area contributed by atoms with Gasteiger partial charge in [-0.2, -0.15) is 0 Å². The molecule has 1 atom stereocenters. The van der Waals surface area contributed by atoms with E-state index in [0.717, 1.165) is 15.6 Å². The summed E-state index contributed by atoms with van der Waals surface area (Å²) in [5.41, 5.74) is 2.48. The standard InChI is InChI=1S/C26H23BrN2O4S/c1-4-33-25(31)22-16(2)28-26-29(23(22)18-10-14-20(32-3)15-11-18)24(30)21(34-26)7-5-6-17-8-12-19(27)13-9-17/h5-15,23H,4H2,1-3H3/b6-5+,21-7+. The zero-order chi connectivity index (χ0) is 24.2. The minimum atomic E-state index is -0.640. The summed E-state index contributed by atoms with van der Waals surface area (Å²) in [6.45, 7) is 3.76. The van der Waals surface area contributed by atoms with Crippen LogP contribution in [-0.4, -0.2) is 24.3 Å². The molecule has 2 aromatic carbocycles. The number of hydrogen-bond donors (Lipinski definition) is 0. The number of hydrogen-bond acceptors (Lipinski definition) is 6. The summed E-state index contributed by atoms with van der Waals surface area (Å²) in [7, 11) is 1.59. The highest BCUT2D eigenvalue weighted by molar-refractivity contribution is 9.10. The van der Waals surface area contributed by atoms with E-state index in [1.807, 2.05) is 60.7 Å². The SMILES string of the molecule is CCOC(=O)C1=C(C)N=c2s/c(=C/C=C/c3ccc(Br)cc3)c(=O)n2C1c1ccc(OC)cc1. The molecule has 0 amide bonds. The summed E-state index contributed by atoms with van der Waals surface area (Å²) in [5, 5.41) is 0. The van der Waals surface area contributed by atoms with Crippen LogP contribution in [0.25, 0.3) is 12.2 Å². The van der Waals surface area contributed by atoms with E-state index < -0.39 is 12.0 Å². The van der Waals surface area contributed by atoms with Gasteiger partial charge < -0.3 is 9.47 Å². The predicted molar refractivity (Wildman–Crippen MR) is 137 cm³/mol. The Hall–Kier alpha value is -3.23. The smallest absolute Gasteiger partial charge is 0.338 e. The van der Waals surface area contributed by atoms with E-state index in [1.165, 1.54) is 11.3 Å². The number of methoxy groups -OCH3 is 1. The summed E-state index contributed by atoms with van der Waals surface area (Å²) in [6.07, 6.45) is 5.55. The second kappa shape index (κ2) is 10.4. The number of aromatic nitrogens is 1. The van der Waals surface area contributed by atoms with E-state index in [0.29, 0.717) is 26.4 Å². The number of halogens is 1. The van der Waals surface area contributed by atoms with Gasteiger partial charge in [-0.3, -0.25) is 9.36 Å². The molecule has 0 N–H and O–H groups in total. The summed E-state index contributed by atoms with van der Waals surface area (Å²) in [4.78, 5) is 31.5. The van der Waals surface area contributed by atoms with Crippen molar-refractivity contribution in [3.05, 3.63) is 101 Å². The highest BCUT2D eigenvalue weighted by Crippen LogP contribution is 2.31. The van der Waals surface area contributed by atoms with E-state index in [4.69, 9.17) is 9.47 Å². The Morgan fingerprint density at radius 2 is 1.88 bits per heavy atom. The molecule has 34 heavy (non-hydrogen) atoms. The fourth-order valence-corrected chi connectivity index (χ4v) is 4.99. The van der Waals surface area contributed by atoms with E-state index >= 15 is 0 Å². The van der Waals surface area contributed by atoms with E-state index in [1.54, 1.807) is 31.6 Å². The second-order valence-corrected chi connectivity index (χ2v) is 9.43. The van der Waals surface area contributed by atoms with Gasteiger partial charge in [0.05, 0.1) is 35.6 Å². The monoisotopic (exact) mass is 538 g/mol. The van der Waals surface area contributed by atoms with Crippen LogP contribution in [-0.2, 0) is 9.53 Å². The molecule has 0 saturated carbocycles. The molecule has 1 aliphatic rings. The number of allylic oxidation sites excluding steroid dienone is 2. The van der Waals surface area contributed by atoms with Crippen molar-refractivity contribution in [1.29, 1.82) is 0 Å². The number of carbonyl (C=O) groups excluding carboxylic acids is 1. The molecule has 0 spiro atoms. The number of nitrogens with zero attached hydrogens (tertiary/aromatic N) is 2. The third-order valence-electron chi connectivity index (χ3n) is 5.35. The first-order valence-corrected chi connectivity index (χ1v) is 12.3. The van der Waals surface area contributed by atoms with Gasteiger partial charge >= 0.3 is 5.97 Å². The Morgan fingerprint density at radius 3 is 2.53 bits per heavy atom. The van der Waals surface area contributed by atoms with Gasteiger partial charge in [0, 0.05) is 4.47 Å². The zero-order valence-corrected chi connectivity index (χ0v) is 21.4. The van der Waals surface area contributed by atoms with Gasteiger partial charge in [-0.25, -0.2) is 9.79 Å². The minimum absolute atomic E-state index is 0.209. The van der Waals surface area contributed by atoms with E-state index in [-0.39, 0.29) is 12.2 Å². The number of fused-ring (bicyclic) bond motifs is 1. The molecular formula is C26H23BrN2O4S. The Balaban J connectivity index is 1.83. The first-order valence-electron chi connectivity index (χ1n) is 10.7. The molecule has 4 rings (SSSR count). The zero-order valence-electron chi connectivity index (χ0n) is 18.9. The van der Waals surface area contributed by atoms with Crippen molar-refractivity contribution in [2.75, 3.05) is 13.7 Å². The van der Waals surface area contributed by atoms with Crippen LogP contribution in [0.4, 0.5) is 0 Å². The van der Waals surface area contributed by atoms with Crippen LogP contribution in [0.5, 0.6) is 5.75 Å². The molecule has 1 aliphatic heterocycles. The maximum atomic E-state index is 13.5. The highest BCUT2D eigenvalue weighted by Gasteiger charge is 2.33. The average Bonchev–Trinajstić information content (AvgIpc) is 3.14. The summed E-state index contributed by atoms with van der Waals surface area (Å²) in [5.74, 6) is 0.210.